The predicted molar refractivity (Wildman–Crippen MR) is 130 cm³/mol. The van der Waals surface area contributed by atoms with Crippen LogP contribution in [0.2, 0.25) is 0 Å². The molecule has 0 spiro atoms. The number of methoxy groups -OCH3 is 1. The van der Waals surface area contributed by atoms with Gasteiger partial charge in [0.2, 0.25) is 0 Å². The normalized spacial score (nSPS) is 16.6. The molecular formula is C20H35IN4O3S. The maximum Gasteiger partial charge on any atom is 0.191 e. The van der Waals surface area contributed by atoms with Crippen molar-refractivity contribution >= 4 is 39.8 Å². The third kappa shape index (κ3) is 9.52. The number of halogens is 1. The highest BCUT2D eigenvalue weighted by atomic mass is 127. The first-order valence-electron chi connectivity index (χ1n) is 9.93. The van der Waals surface area contributed by atoms with E-state index < -0.39 is 9.84 Å². The number of benzene rings is 1. The van der Waals surface area contributed by atoms with E-state index in [4.69, 9.17) is 4.74 Å². The van der Waals surface area contributed by atoms with Crippen LogP contribution in [0.15, 0.2) is 29.3 Å². The van der Waals surface area contributed by atoms with Crippen molar-refractivity contribution < 1.29 is 13.2 Å². The van der Waals surface area contributed by atoms with Crippen LogP contribution in [0.5, 0.6) is 5.75 Å². The third-order valence-corrected chi connectivity index (χ3v) is 6.03. The van der Waals surface area contributed by atoms with Gasteiger partial charge in [0.05, 0.1) is 18.9 Å². The van der Waals surface area contributed by atoms with Crippen LogP contribution in [0.4, 0.5) is 0 Å². The smallest absolute Gasteiger partial charge is 0.191 e. The van der Waals surface area contributed by atoms with E-state index in [0.29, 0.717) is 18.9 Å². The summed E-state index contributed by atoms with van der Waals surface area (Å²) in [6.45, 7) is 3.50. The first-order valence-corrected chi connectivity index (χ1v) is 12.0. The number of hydrogen-bond donors (Lipinski definition) is 2. The number of sulfone groups is 1. The molecule has 0 aliphatic carbocycles. The van der Waals surface area contributed by atoms with Crippen molar-refractivity contribution in [3.63, 3.8) is 0 Å². The van der Waals surface area contributed by atoms with Gasteiger partial charge in [-0.3, -0.25) is 9.89 Å². The van der Waals surface area contributed by atoms with E-state index >= 15 is 0 Å². The number of nitrogens with one attached hydrogen (secondary N) is 2. The molecule has 7 nitrogen and oxygen atoms in total. The monoisotopic (exact) mass is 538 g/mol. The molecule has 0 radical (unpaired) electrons. The van der Waals surface area contributed by atoms with Gasteiger partial charge < -0.3 is 15.4 Å². The molecule has 1 fully saturated rings. The number of piperidine rings is 1. The largest absolute Gasteiger partial charge is 0.497 e. The average Bonchev–Trinajstić information content (AvgIpc) is 2.70. The summed E-state index contributed by atoms with van der Waals surface area (Å²) < 4.78 is 27.8. The molecule has 9 heteroatoms. The zero-order valence-corrected chi connectivity index (χ0v) is 20.8. The Bertz CT molecular complexity index is 720. The molecule has 0 bridgehead atoms. The first kappa shape index (κ1) is 26.0. The molecule has 1 aromatic carbocycles. The Labute approximate surface area is 192 Å². The fraction of sp³-hybridized carbons (Fsp3) is 0.650. The number of aliphatic imine (C=N–C) groups is 1. The number of ether oxygens (including phenoxy) is 1. The Morgan fingerprint density at radius 3 is 2.38 bits per heavy atom. The highest BCUT2D eigenvalue weighted by Crippen LogP contribution is 2.25. The molecule has 1 heterocycles. The highest BCUT2D eigenvalue weighted by Gasteiger charge is 2.22. The molecule has 29 heavy (non-hydrogen) atoms. The molecule has 0 saturated carbocycles. The van der Waals surface area contributed by atoms with Crippen LogP contribution in [0.25, 0.3) is 0 Å². The minimum Gasteiger partial charge on any atom is -0.497 e. The van der Waals surface area contributed by atoms with Gasteiger partial charge in [-0.2, -0.15) is 0 Å². The highest BCUT2D eigenvalue weighted by molar-refractivity contribution is 14.0. The lowest BCUT2D eigenvalue weighted by atomic mass is 10.0. The minimum absolute atomic E-state index is 0. The van der Waals surface area contributed by atoms with Gasteiger partial charge in [0.1, 0.15) is 15.6 Å². The van der Waals surface area contributed by atoms with Crippen LogP contribution in [0.1, 0.15) is 37.3 Å². The van der Waals surface area contributed by atoms with Gasteiger partial charge in [-0.25, -0.2) is 8.42 Å². The molecule has 1 atom stereocenters. The van der Waals surface area contributed by atoms with Crippen LogP contribution < -0.4 is 15.4 Å². The van der Waals surface area contributed by atoms with E-state index in [0.717, 1.165) is 25.4 Å². The second-order valence-corrected chi connectivity index (χ2v) is 9.51. The molecule has 1 saturated heterocycles. The lowest BCUT2D eigenvalue weighted by Crippen LogP contribution is -2.44. The van der Waals surface area contributed by atoms with Crippen molar-refractivity contribution in [3.05, 3.63) is 29.8 Å². The standard InChI is InChI=1S/C20H34N4O3S.HI/c1-21-20(22-12-7-15-28(3,25)26)23-16-19(24-13-5-4-6-14-24)17-8-10-18(27-2)11-9-17;/h8-11,19H,4-7,12-16H2,1-3H3,(H2,21,22,23);1H. The maximum atomic E-state index is 11.3. The summed E-state index contributed by atoms with van der Waals surface area (Å²) in [6, 6.07) is 8.51. The quantitative estimate of drug-likeness (QED) is 0.218. The molecular weight excluding hydrogens is 503 g/mol. The second-order valence-electron chi connectivity index (χ2n) is 7.25. The van der Waals surface area contributed by atoms with E-state index in [9.17, 15) is 8.42 Å². The Balaban J connectivity index is 0.00000420. The van der Waals surface area contributed by atoms with Gasteiger partial charge in [0, 0.05) is 26.4 Å². The maximum absolute atomic E-state index is 11.3. The summed E-state index contributed by atoms with van der Waals surface area (Å²) in [5, 5.41) is 6.61. The van der Waals surface area contributed by atoms with Crippen LogP contribution in [-0.2, 0) is 9.84 Å². The van der Waals surface area contributed by atoms with Gasteiger partial charge in [0.15, 0.2) is 5.96 Å². The van der Waals surface area contributed by atoms with Crippen molar-refractivity contribution in [2.45, 2.75) is 31.7 Å². The summed E-state index contributed by atoms with van der Waals surface area (Å²) in [5.74, 6) is 1.74. The molecule has 1 aliphatic heterocycles. The third-order valence-electron chi connectivity index (χ3n) is 5.00. The fourth-order valence-electron chi connectivity index (χ4n) is 3.47. The van der Waals surface area contributed by atoms with Gasteiger partial charge in [0.25, 0.3) is 0 Å². The molecule has 1 unspecified atom stereocenters. The zero-order valence-electron chi connectivity index (χ0n) is 17.7. The van der Waals surface area contributed by atoms with Crippen molar-refractivity contribution in [2.24, 2.45) is 4.99 Å². The van der Waals surface area contributed by atoms with Gasteiger partial charge in [-0.05, 0) is 50.0 Å². The number of likely N-dealkylation sites (tertiary alicyclic amines) is 1. The lowest BCUT2D eigenvalue weighted by molar-refractivity contribution is 0.164. The van der Waals surface area contributed by atoms with Gasteiger partial charge in [-0.15, -0.1) is 24.0 Å². The van der Waals surface area contributed by atoms with Crippen molar-refractivity contribution in [1.82, 2.24) is 15.5 Å². The van der Waals surface area contributed by atoms with E-state index in [1.54, 1.807) is 14.2 Å². The Morgan fingerprint density at radius 2 is 1.83 bits per heavy atom. The van der Waals surface area contributed by atoms with Crippen molar-refractivity contribution in [1.29, 1.82) is 0 Å². The van der Waals surface area contributed by atoms with Crippen LogP contribution in [0.3, 0.4) is 0 Å². The molecule has 1 aliphatic rings. The van der Waals surface area contributed by atoms with E-state index in [1.807, 2.05) is 12.1 Å². The summed E-state index contributed by atoms with van der Waals surface area (Å²) in [5.41, 5.74) is 1.25. The molecule has 0 amide bonds. The Kier molecular flexibility index (Phi) is 11.9. The molecule has 0 aromatic heterocycles. The average molecular weight is 538 g/mol. The van der Waals surface area contributed by atoms with Gasteiger partial charge in [-0.1, -0.05) is 18.6 Å². The summed E-state index contributed by atoms with van der Waals surface area (Å²) in [6.07, 6.45) is 5.57. The van der Waals surface area contributed by atoms with Crippen LogP contribution >= 0.6 is 24.0 Å². The summed E-state index contributed by atoms with van der Waals surface area (Å²) in [7, 11) is 0.482. The molecule has 1 aromatic rings. The number of rotatable bonds is 9. The van der Waals surface area contributed by atoms with Crippen LogP contribution in [0, 0.1) is 0 Å². The van der Waals surface area contributed by atoms with E-state index in [-0.39, 0.29) is 35.8 Å². The van der Waals surface area contributed by atoms with E-state index in [2.05, 4.69) is 32.7 Å². The van der Waals surface area contributed by atoms with Gasteiger partial charge >= 0.3 is 0 Å². The van der Waals surface area contributed by atoms with E-state index in [1.165, 1.54) is 31.1 Å². The molecule has 2 rings (SSSR count). The zero-order chi connectivity index (χ0) is 20.4. The predicted octanol–water partition coefficient (Wildman–Crippen LogP) is 2.44. The Hall–Kier alpha value is -1.07. The van der Waals surface area contributed by atoms with Crippen molar-refractivity contribution in [3.8, 4) is 5.75 Å². The van der Waals surface area contributed by atoms with Crippen LogP contribution in [-0.4, -0.2) is 71.6 Å². The van der Waals surface area contributed by atoms with Crippen molar-refractivity contribution in [2.75, 3.05) is 52.3 Å². The Morgan fingerprint density at radius 1 is 1.17 bits per heavy atom. The summed E-state index contributed by atoms with van der Waals surface area (Å²) in [4.78, 5) is 6.79. The molecule has 166 valence electrons. The number of hydrogen-bond acceptors (Lipinski definition) is 5. The number of nitrogens with zero attached hydrogens (tertiary/aromatic N) is 2. The topological polar surface area (TPSA) is 83.0 Å². The lowest BCUT2D eigenvalue weighted by Gasteiger charge is -2.35. The number of guanidine groups is 1. The molecule has 2 N–H and O–H groups in total. The summed E-state index contributed by atoms with van der Waals surface area (Å²) >= 11 is 0. The fourth-order valence-corrected chi connectivity index (χ4v) is 4.14. The minimum atomic E-state index is -2.93. The second kappa shape index (κ2) is 13.3. The SMILES string of the molecule is CN=C(NCCCS(C)(=O)=O)NCC(c1ccc(OC)cc1)N1CCCCC1.I. The first-order chi connectivity index (χ1) is 13.4.